The van der Waals surface area contributed by atoms with Crippen molar-refractivity contribution in [1.82, 2.24) is 5.43 Å². The maximum atomic E-state index is 12.0. The summed E-state index contributed by atoms with van der Waals surface area (Å²) in [6, 6.07) is 12.9. The van der Waals surface area contributed by atoms with E-state index < -0.39 is 4.92 Å². The van der Waals surface area contributed by atoms with Crippen LogP contribution in [0, 0.1) is 16.0 Å². The van der Waals surface area contributed by atoms with Crippen LogP contribution in [0.4, 0.5) is 5.00 Å². The third kappa shape index (κ3) is 3.20. The Bertz CT molecular complexity index is 727. The first-order chi connectivity index (χ1) is 10.6. The third-order valence-corrected chi connectivity index (χ3v) is 4.49. The van der Waals surface area contributed by atoms with E-state index in [0.717, 1.165) is 17.8 Å². The van der Waals surface area contributed by atoms with E-state index in [1.807, 2.05) is 30.3 Å². The zero-order valence-electron chi connectivity index (χ0n) is 11.5. The van der Waals surface area contributed by atoms with E-state index in [9.17, 15) is 14.9 Å². The lowest BCUT2D eigenvalue weighted by Gasteiger charge is -1.99. The van der Waals surface area contributed by atoms with Crippen LogP contribution in [0.5, 0.6) is 0 Å². The highest BCUT2D eigenvalue weighted by Gasteiger charge is 2.43. The van der Waals surface area contributed by atoms with E-state index in [-0.39, 0.29) is 22.7 Å². The van der Waals surface area contributed by atoms with Crippen LogP contribution in [0.25, 0.3) is 0 Å². The molecule has 1 fully saturated rings. The van der Waals surface area contributed by atoms with Gasteiger partial charge in [0.2, 0.25) is 5.91 Å². The second-order valence-electron chi connectivity index (χ2n) is 5.03. The predicted octanol–water partition coefficient (Wildman–Crippen LogP) is 2.91. The van der Waals surface area contributed by atoms with Gasteiger partial charge in [0.1, 0.15) is 0 Å². The number of rotatable bonds is 5. The Morgan fingerprint density at radius 3 is 2.77 bits per heavy atom. The van der Waals surface area contributed by atoms with E-state index in [2.05, 4.69) is 10.5 Å². The molecule has 1 aromatic heterocycles. The number of thiophene rings is 1. The summed E-state index contributed by atoms with van der Waals surface area (Å²) in [5, 5.41) is 14.5. The summed E-state index contributed by atoms with van der Waals surface area (Å²) in [6.45, 7) is 0. The minimum atomic E-state index is -0.449. The first kappa shape index (κ1) is 14.4. The number of nitro groups is 1. The molecule has 112 valence electrons. The molecule has 3 rings (SSSR count). The van der Waals surface area contributed by atoms with Gasteiger partial charge in [-0.2, -0.15) is 5.10 Å². The molecular formula is C15H13N3O3S. The summed E-state index contributed by atoms with van der Waals surface area (Å²) in [4.78, 5) is 22.7. The predicted molar refractivity (Wildman–Crippen MR) is 84.0 cm³/mol. The number of nitrogens with one attached hydrogen (secondary N) is 1. The summed E-state index contributed by atoms with van der Waals surface area (Å²) < 4.78 is 0. The Kier molecular flexibility index (Phi) is 3.97. The summed E-state index contributed by atoms with van der Waals surface area (Å²) >= 11 is 1.01. The molecule has 0 bridgehead atoms. The van der Waals surface area contributed by atoms with Crippen LogP contribution in [0.3, 0.4) is 0 Å². The average Bonchev–Trinajstić information content (AvgIpc) is 3.19. The number of carbonyl (C=O) groups is 1. The van der Waals surface area contributed by atoms with E-state index in [1.165, 1.54) is 17.8 Å². The highest BCUT2D eigenvalue weighted by molar-refractivity contribution is 7.16. The van der Waals surface area contributed by atoms with Crippen LogP contribution in [0.1, 0.15) is 22.8 Å². The fourth-order valence-corrected chi connectivity index (χ4v) is 3.00. The van der Waals surface area contributed by atoms with Gasteiger partial charge in [-0.15, -0.1) is 0 Å². The van der Waals surface area contributed by atoms with Gasteiger partial charge in [0.25, 0.3) is 0 Å². The van der Waals surface area contributed by atoms with Crippen molar-refractivity contribution in [3.8, 4) is 0 Å². The highest BCUT2D eigenvalue weighted by Crippen LogP contribution is 2.47. The molecule has 1 aliphatic rings. The molecule has 7 heteroatoms. The van der Waals surface area contributed by atoms with Gasteiger partial charge in [-0.05, 0) is 24.0 Å². The molecule has 22 heavy (non-hydrogen) atoms. The molecule has 2 aromatic rings. The lowest BCUT2D eigenvalue weighted by Crippen LogP contribution is -2.19. The van der Waals surface area contributed by atoms with E-state index >= 15 is 0 Å². The van der Waals surface area contributed by atoms with Crippen molar-refractivity contribution in [2.45, 2.75) is 12.3 Å². The molecule has 6 nitrogen and oxygen atoms in total. The van der Waals surface area contributed by atoms with Gasteiger partial charge < -0.3 is 0 Å². The lowest BCUT2D eigenvalue weighted by molar-refractivity contribution is -0.380. The standard InChI is InChI=1S/C15H13N3O3S/c19-15(13-8-12(13)10-4-2-1-3-5-10)17-16-9-11-6-7-14(22-11)18(20)21/h1-7,9,12-13H,8H2,(H,17,19)/t12-,13+/m1/s1. The molecular weight excluding hydrogens is 302 g/mol. The van der Waals surface area contributed by atoms with Crippen molar-refractivity contribution in [1.29, 1.82) is 0 Å². The van der Waals surface area contributed by atoms with Crippen LogP contribution < -0.4 is 5.43 Å². The topological polar surface area (TPSA) is 84.6 Å². The zero-order chi connectivity index (χ0) is 15.5. The Balaban J connectivity index is 1.53. The Morgan fingerprint density at radius 2 is 2.09 bits per heavy atom. The average molecular weight is 315 g/mol. The number of amides is 1. The number of benzene rings is 1. The molecule has 1 N–H and O–H groups in total. The maximum Gasteiger partial charge on any atom is 0.324 e. The number of carbonyl (C=O) groups excluding carboxylic acids is 1. The van der Waals surface area contributed by atoms with Crippen molar-refractivity contribution < 1.29 is 9.72 Å². The molecule has 2 atom stereocenters. The smallest absolute Gasteiger partial charge is 0.273 e. The van der Waals surface area contributed by atoms with Gasteiger partial charge in [0, 0.05) is 12.0 Å². The monoisotopic (exact) mass is 315 g/mol. The Labute approximate surface area is 130 Å². The third-order valence-electron chi connectivity index (χ3n) is 3.51. The van der Waals surface area contributed by atoms with Crippen molar-refractivity contribution in [3.05, 3.63) is 63.0 Å². The summed E-state index contributed by atoms with van der Waals surface area (Å²) in [5.41, 5.74) is 3.67. The number of hydrogen-bond acceptors (Lipinski definition) is 5. The van der Waals surface area contributed by atoms with Crippen molar-refractivity contribution in [2.75, 3.05) is 0 Å². The minimum absolute atomic E-state index is 0.0442. The Hall–Kier alpha value is -2.54. The van der Waals surface area contributed by atoms with Crippen molar-refractivity contribution in [2.24, 2.45) is 11.0 Å². The molecule has 0 saturated heterocycles. The molecule has 0 spiro atoms. The van der Waals surface area contributed by atoms with Crippen LogP contribution in [0.15, 0.2) is 47.6 Å². The van der Waals surface area contributed by atoms with Gasteiger partial charge in [-0.3, -0.25) is 14.9 Å². The fraction of sp³-hybridized carbons (Fsp3) is 0.200. The second kappa shape index (κ2) is 6.07. The molecule has 1 amide bonds. The van der Waals surface area contributed by atoms with Crippen molar-refractivity contribution in [3.63, 3.8) is 0 Å². The zero-order valence-corrected chi connectivity index (χ0v) is 12.3. The minimum Gasteiger partial charge on any atom is -0.273 e. The van der Waals surface area contributed by atoms with Gasteiger partial charge >= 0.3 is 5.00 Å². The largest absolute Gasteiger partial charge is 0.324 e. The summed E-state index contributed by atoms with van der Waals surface area (Å²) in [5.74, 6) is 0.104. The van der Waals surface area contributed by atoms with E-state index in [1.54, 1.807) is 6.07 Å². The maximum absolute atomic E-state index is 12.0. The second-order valence-corrected chi connectivity index (χ2v) is 6.12. The quantitative estimate of drug-likeness (QED) is 0.523. The molecule has 1 saturated carbocycles. The van der Waals surface area contributed by atoms with Crippen LogP contribution in [-0.4, -0.2) is 17.0 Å². The molecule has 0 unspecified atom stereocenters. The summed E-state index contributed by atoms with van der Waals surface area (Å²) in [7, 11) is 0. The van der Waals surface area contributed by atoms with Gasteiger partial charge in [0.05, 0.1) is 16.0 Å². The number of nitrogens with zero attached hydrogens (tertiary/aromatic N) is 2. The van der Waals surface area contributed by atoms with Gasteiger partial charge in [0.15, 0.2) is 0 Å². The highest BCUT2D eigenvalue weighted by atomic mass is 32.1. The first-order valence-electron chi connectivity index (χ1n) is 6.77. The molecule has 1 heterocycles. The lowest BCUT2D eigenvalue weighted by atomic mass is 10.1. The normalized spacial score (nSPS) is 20.0. The Morgan fingerprint density at radius 1 is 1.32 bits per heavy atom. The van der Waals surface area contributed by atoms with Crippen LogP contribution in [0.2, 0.25) is 0 Å². The van der Waals surface area contributed by atoms with Crippen LogP contribution >= 0.6 is 11.3 Å². The number of hydrazone groups is 1. The van der Waals surface area contributed by atoms with Crippen molar-refractivity contribution >= 4 is 28.5 Å². The number of hydrogen-bond donors (Lipinski definition) is 1. The molecule has 1 aliphatic carbocycles. The summed E-state index contributed by atoms with van der Waals surface area (Å²) in [6.07, 6.45) is 2.26. The molecule has 0 aliphatic heterocycles. The van der Waals surface area contributed by atoms with Gasteiger partial charge in [-0.1, -0.05) is 41.7 Å². The van der Waals surface area contributed by atoms with Crippen LogP contribution in [-0.2, 0) is 4.79 Å². The molecule has 0 radical (unpaired) electrons. The van der Waals surface area contributed by atoms with E-state index in [4.69, 9.17) is 0 Å². The fourth-order valence-electron chi connectivity index (χ4n) is 2.31. The molecule has 1 aromatic carbocycles. The SMILES string of the molecule is O=C(NN=Cc1ccc([N+](=O)[O-])s1)[C@H]1C[C@@H]1c1ccccc1. The first-order valence-corrected chi connectivity index (χ1v) is 7.59. The van der Waals surface area contributed by atoms with E-state index in [0.29, 0.717) is 4.88 Å². The van der Waals surface area contributed by atoms with Gasteiger partial charge in [-0.25, -0.2) is 5.43 Å².